The fourth-order valence-electron chi connectivity index (χ4n) is 2.40. The average Bonchev–Trinajstić information content (AvgIpc) is 2.41. The Hall–Kier alpha value is -0.610. The van der Waals surface area contributed by atoms with Crippen LogP contribution in [0, 0.1) is 0 Å². The molecule has 3 N–H and O–H groups in total. The summed E-state index contributed by atoms with van der Waals surface area (Å²) in [6.45, 7) is 5.24. The van der Waals surface area contributed by atoms with E-state index < -0.39 is 0 Å². The molecule has 1 heterocycles. The second-order valence-electron chi connectivity index (χ2n) is 5.21. The third kappa shape index (κ3) is 7.67. The normalized spacial score (nSPS) is 16.7. The van der Waals surface area contributed by atoms with Gasteiger partial charge in [-0.2, -0.15) is 0 Å². The van der Waals surface area contributed by atoms with Crippen molar-refractivity contribution in [2.24, 2.45) is 5.73 Å². The number of nitrogens with zero attached hydrogens (tertiary/aromatic N) is 1. The summed E-state index contributed by atoms with van der Waals surface area (Å²) in [7, 11) is 0. The van der Waals surface area contributed by atoms with E-state index in [-0.39, 0.29) is 5.91 Å². The van der Waals surface area contributed by atoms with Gasteiger partial charge in [0.15, 0.2) is 0 Å². The first kappa shape index (κ1) is 15.4. The minimum Gasteiger partial charge on any atom is -0.356 e. The number of hydrogen-bond acceptors (Lipinski definition) is 3. The van der Waals surface area contributed by atoms with E-state index in [0.29, 0.717) is 13.0 Å². The Morgan fingerprint density at radius 2 is 1.83 bits per heavy atom. The number of piperidine rings is 1. The lowest BCUT2D eigenvalue weighted by Gasteiger charge is -2.26. The van der Waals surface area contributed by atoms with E-state index in [2.05, 4.69) is 10.2 Å². The van der Waals surface area contributed by atoms with Crippen molar-refractivity contribution in [3.8, 4) is 0 Å². The molecule has 0 spiro atoms. The van der Waals surface area contributed by atoms with Crippen LogP contribution in [0.2, 0.25) is 0 Å². The molecule has 0 aromatic rings. The largest absolute Gasteiger partial charge is 0.356 e. The Kier molecular flexibility index (Phi) is 8.86. The van der Waals surface area contributed by atoms with E-state index in [1.165, 1.54) is 51.7 Å². The van der Waals surface area contributed by atoms with Gasteiger partial charge in [-0.3, -0.25) is 4.79 Å². The summed E-state index contributed by atoms with van der Waals surface area (Å²) < 4.78 is 0. The number of nitrogens with one attached hydrogen (secondary N) is 1. The number of amides is 1. The minimum atomic E-state index is 0.150. The highest BCUT2D eigenvalue weighted by atomic mass is 16.1. The molecule has 0 bridgehead atoms. The van der Waals surface area contributed by atoms with Crippen LogP contribution in [0.3, 0.4) is 0 Å². The summed E-state index contributed by atoms with van der Waals surface area (Å²) in [5.74, 6) is 0.150. The van der Waals surface area contributed by atoms with Crippen molar-refractivity contribution < 1.29 is 4.79 Å². The summed E-state index contributed by atoms with van der Waals surface area (Å²) in [6.07, 6.45) is 9.10. The monoisotopic (exact) mass is 255 g/mol. The molecule has 1 aliphatic heterocycles. The molecule has 1 aliphatic rings. The number of likely N-dealkylation sites (tertiary alicyclic amines) is 1. The average molecular weight is 255 g/mol. The van der Waals surface area contributed by atoms with Crippen molar-refractivity contribution in [3.05, 3.63) is 0 Å². The molecule has 0 atom stereocenters. The summed E-state index contributed by atoms with van der Waals surface area (Å²) in [5.41, 5.74) is 5.36. The van der Waals surface area contributed by atoms with Crippen LogP contribution < -0.4 is 11.1 Å². The number of carbonyl (C=O) groups is 1. The number of hydrogen-bond donors (Lipinski definition) is 2. The molecule has 106 valence electrons. The smallest absolute Gasteiger partial charge is 0.220 e. The van der Waals surface area contributed by atoms with Crippen molar-refractivity contribution in [2.45, 2.75) is 51.4 Å². The van der Waals surface area contributed by atoms with E-state index in [1.807, 2.05) is 0 Å². The van der Waals surface area contributed by atoms with Crippen molar-refractivity contribution in [2.75, 3.05) is 32.7 Å². The Bertz CT molecular complexity index is 215. The summed E-state index contributed by atoms with van der Waals surface area (Å²) in [5, 5.41) is 2.95. The molecule has 0 aromatic carbocycles. The van der Waals surface area contributed by atoms with Crippen LogP contribution in [0.4, 0.5) is 0 Å². The minimum absolute atomic E-state index is 0.150. The Labute approximate surface area is 111 Å². The van der Waals surface area contributed by atoms with Gasteiger partial charge in [-0.25, -0.2) is 0 Å². The lowest BCUT2D eigenvalue weighted by atomic mass is 10.1. The van der Waals surface area contributed by atoms with E-state index >= 15 is 0 Å². The van der Waals surface area contributed by atoms with Crippen LogP contribution in [-0.4, -0.2) is 43.5 Å². The Balaban J connectivity index is 1.84. The van der Waals surface area contributed by atoms with Crippen LogP contribution in [0.5, 0.6) is 0 Å². The first-order chi connectivity index (χ1) is 8.83. The van der Waals surface area contributed by atoms with Crippen LogP contribution in [0.15, 0.2) is 0 Å². The zero-order valence-corrected chi connectivity index (χ0v) is 11.6. The molecular weight excluding hydrogens is 226 g/mol. The highest BCUT2D eigenvalue weighted by Gasteiger charge is 2.08. The van der Waals surface area contributed by atoms with Crippen LogP contribution >= 0.6 is 0 Å². The van der Waals surface area contributed by atoms with E-state index in [4.69, 9.17) is 5.73 Å². The van der Waals surface area contributed by atoms with Gasteiger partial charge in [-0.15, -0.1) is 0 Å². The fraction of sp³-hybridized carbons (Fsp3) is 0.929. The Morgan fingerprint density at radius 3 is 2.56 bits per heavy atom. The molecule has 1 fully saturated rings. The molecular formula is C14H29N3O. The third-order valence-corrected chi connectivity index (χ3v) is 3.53. The second-order valence-corrected chi connectivity index (χ2v) is 5.21. The van der Waals surface area contributed by atoms with Crippen LogP contribution in [0.1, 0.15) is 51.4 Å². The van der Waals surface area contributed by atoms with Gasteiger partial charge in [0, 0.05) is 13.0 Å². The summed E-state index contributed by atoms with van der Waals surface area (Å²) in [4.78, 5) is 13.9. The third-order valence-electron chi connectivity index (χ3n) is 3.53. The van der Waals surface area contributed by atoms with Crippen LogP contribution in [0.25, 0.3) is 0 Å². The van der Waals surface area contributed by atoms with E-state index in [1.54, 1.807) is 0 Å². The highest BCUT2D eigenvalue weighted by molar-refractivity contribution is 5.75. The molecule has 1 amide bonds. The second kappa shape index (κ2) is 10.3. The van der Waals surface area contributed by atoms with Gasteiger partial charge in [-0.05, 0) is 58.3 Å². The first-order valence-electron chi connectivity index (χ1n) is 7.52. The standard InChI is InChI=1S/C14H29N3O/c15-9-7-8-14(18)16-10-3-1-4-11-17-12-5-2-6-13-17/h1-13,15H2,(H,16,18). The quantitative estimate of drug-likeness (QED) is 0.614. The molecule has 0 unspecified atom stereocenters. The molecule has 4 heteroatoms. The fourth-order valence-corrected chi connectivity index (χ4v) is 2.40. The Morgan fingerprint density at radius 1 is 1.06 bits per heavy atom. The predicted molar refractivity (Wildman–Crippen MR) is 75.4 cm³/mol. The van der Waals surface area contributed by atoms with Gasteiger partial charge in [0.25, 0.3) is 0 Å². The molecule has 0 aromatic heterocycles. The van der Waals surface area contributed by atoms with Crippen molar-refractivity contribution in [1.82, 2.24) is 10.2 Å². The zero-order chi connectivity index (χ0) is 13.1. The maximum atomic E-state index is 11.3. The molecule has 4 nitrogen and oxygen atoms in total. The number of nitrogens with two attached hydrogens (primary N) is 1. The molecule has 0 aliphatic carbocycles. The van der Waals surface area contributed by atoms with E-state index in [0.717, 1.165) is 19.4 Å². The molecule has 1 saturated heterocycles. The van der Waals surface area contributed by atoms with Gasteiger partial charge >= 0.3 is 0 Å². The van der Waals surface area contributed by atoms with Gasteiger partial charge in [0.05, 0.1) is 0 Å². The molecule has 1 rings (SSSR count). The first-order valence-corrected chi connectivity index (χ1v) is 7.52. The molecule has 18 heavy (non-hydrogen) atoms. The van der Waals surface area contributed by atoms with Crippen molar-refractivity contribution in [3.63, 3.8) is 0 Å². The van der Waals surface area contributed by atoms with Crippen molar-refractivity contribution in [1.29, 1.82) is 0 Å². The van der Waals surface area contributed by atoms with E-state index in [9.17, 15) is 4.79 Å². The number of carbonyl (C=O) groups excluding carboxylic acids is 1. The number of unbranched alkanes of at least 4 members (excludes halogenated alkanes) is 2. The highest BCUT2D eigenvalue weighted by Crippen LogP contribution is 2.09. The zero-order valence-electron chi connectivity index (χ0n) is 11.6. The van der Waals surface area contributed by atoms with Crippen molar-refractivity contribution >= 4 is 5.91 Å². The van der Waals surface area contributed by atoms with Gasteiger partial charge in [0.1, 0.15) is 0 Å². The van der Waals surface area contributed by atoms with Gasteiger partial charge < -0.3 is 16.0 Å². The van der Waals surface area contributed by atoms with Crippen LogP contribution in [-0.2, 0) is 4.79 Å². The maximum absolute atomic E-state index is 11.3. The molecule has 0 saturated carbocycles. The lowest BCUT2D eigenvalue weighted by Crippen LogP contribution is -2.30. The SMILES string of the molecule is NCCCC(=O)NCCCCCN1CCCCC1. The summed E-state index contributed by atoms with van der Waals surface area (Å²) in [6, 6.07) is 0. The summed E-state index contributed by atoms with van der Waals surface area (Å²) >= 11 is 0. The lowest BCUT2D eigenvalue weighted by molar-refractivity contribution is -0.121. The topological polar surface area (TPSA) is 58.4 Å². The maximum Gasteiger partial charge on any atom is 0.220 e. The van der Waals surface area contributed by atoms with Gasteiger partial charge in [-0.1, -0.05) is 12.8 Å². The number of rotatable bonds is 9. The predicted octanol–water partition coefficient (Wildman–Crippen LogP) is 1.50. The van der Waals surface area contributed by atoms with Gasteiger partial charge in [0.2, 0.25) is 5.91 Å². The molecule has 0 radical (unpaired) electrons.